The Morgan fingerprint density at radius 3 is 2.48 bits per heavy atom. The SMILES string of the molecule is CC(F)/C(=N/N)SCCc1cc(S(=O)(=O)NC2(C#N)CC2)cc(C2CCC(C(=O)N3CCCC3)CC2)c1N(C)N. The number of halogens is 1. The number of nitriles is 1. The Bertz CT molecular complexity index is 1260. The summed E-state index contributed by atoms with van der Waals surface area (Å²) in [5.41, 5.74) is 1.19. The summed E-state index contributed by atoms with van der Waals surface area (Å²) in [4.78, 5) is 15.1. The fraction of sp³-hybridized carbons (Fsp3) is 0.667. The van der Waals surface area contributed by atoms with E-state index in [0.717, 1.165) is 62.9 Å². The second-order valence-corrected chi connectivity index (χ2v) is 14.0. The molecule has 40 heavy (non-hydrogen) atoms. The predicted octanol–water partition coefficient (Wildman–Crippen LogP) is 3.13. The Hall–Kier alpha value is -2.40. The van der Waals surface area contributed by atoms with E-state index in [4.69, 9.17) is 11.7 Å². The molecule has 0 radical (unpaired) electrons. The minimum atomic E-state index is -3.99. The van der Waals surface area contributed by atoms with Gasteiger partial charge < -0.3 is 15.8 Å². The lowest BCUT2D eigenvalue weighted by Crippen LogP contribution is -2.36. The average molecular weight is 594 g/mol. The predicted molar refractivity (Wildman–Crippen MR) is 156 cm³/mol. The number of nitrogens with one attached hydrogen (secondary N) is 1. The smallest absolute Gasteiger partial charge is 0.241 e. The van der Waals surface area contributed by atoms with Crippen molar-refractivity contribution < 1.29 is 17.6 Å². The zero-order valence-electron chi connectivity index (χ0n) is 23.2. The molecule has 3 aliphatic rings. The number of aryl methyl sites for hydroxylation is 1. The van der Waals surface area contributed by atoms with Gasteiger partial charge >= 0.3 is 0 Å². The number of likely N-dealkylation sites (tertiary alicyclic amines) is 1. The molecule has 1 aliphatic heterocycles. The summed E-state index contributed by atoms with van der Waals surface area (Å²) >= 11 is 1.18. The summed E-state index contributed by atoms with van der Waals surface area (Å²) in [6, 6.07) is 5.36. The lowest BCUT2D eigenvalue weighted by atomic mass is 9.77. The van der Waals surface area contributed by atoms with Gasteiger partial charge in [-0.05, 0) is 93.9 Å². The minimum Gasteiger partial charge on any atom is -0.342 e. The highest BCUT2D eigenvalue weighted by Crippen LogP contribution is 2.43. The van der Waals surface area contributed by atoms with Crippen LogP contribution >= 0.6 is 11.8 Å². The maximum absolute atomic E-state index is 13.8. The molecule has 1 aromatic carbocycles. The Balaban J connectivity index is 1.64. The number of hydrazone groups is 1. The standard InChI is InChI=1S/C27H40FN7O3S2/c1-18(28)25(32-30)39-14-9-21-15-22(40(37,38)33-27(17-29)10-11-27)16-23(24(21)34(2)31)19-5-7-20(8-6-19)26(36)35-12-3-4-13-35/h15-16,18-20,33H,3-14,30-31H2,1-2H3/b32-25-. The summed E-state index contributed by atoms with van der Waals surface area (Å²) in [5, 5.41) is 14.7. The second kappa shape index (κ2) is 12.6. The molecule has 5 N–H and O–H groups in total. The summed E-state index contributed by atoms with van der Waals surface area (Å²) in [6.07, 6.45) is 5.09. The quantitative estimate of drug-likeness (QED) is 0.162. The van der Waals surface area contributed by atoms with E-state index in [-0.39, 0.29) is 27.7 Å². The van der Waals surface area contributed by atoms with E-state index in [1.807, 2.05) is 4.90 Å². The largest absolute Gasteiger partial charge is 0.342 e. The number of nitrogens with zero attached hydrogens (tertiary/aromatic N) is 4. The van der Waals surface area contributed by atoms with Crippen LogP contribution < -0.4 is 21.4 Å². The highest BCUT2D eigenvalue weighted by molar-refractivity contribution is 8.14. The molecule has 1 unspecified atom stereocenters. The van der Waals surface area contributed by atoms with Gasteiger partial charge in [0.1, 0.15) is 16.8 Å². The van der Waals surface area contributed by atoms with Crippen molar-refractivity contribution >= 4 is 38.4 Å². The van der Waals surface area contributed by atoms with Crippen molar-refractivity contribution in [2.24, 2.45) is 22.7 Å². The Labute approximate surface area is 240 Å². The van der Waals surface area contributed by atoms with Gasteiger partial charge in [0, 0.05) is 31.8 Å². The molecular formula is C27H40FN7O3S2. The van der Waals surface area contributed by atoms with Crippen LogP contribution in [0.1, 0.15) is 75.3 Å². The minimum absolute atomic E-state index is 0.0140. The number of sulfonamides is 1. The molecule has 1 amide bonds. The highest BCUT2D eigenvalue weighted by atomic mass is 32.2. The third-order valence-corrected chi connectivity index (χ3v) is 10.8. The first kappa shape index (κ1) is 30.6. The summed E-state index contributed by atoms with van der Waals surface area (Å²) in [5.74, 6) is 12.3. The maximum atomic E-state index is 13.8. The topological polar surface area (TPSA) is 158 Å². The molecule has 0 spiro atoms. The van der Waals surface area contributed by atoms with Gasteiger partial charge in [-0.1, -0.05) is 0 Å². The van der Waals surface area contributed by atoms with Gasteiger partial charge in [0.2, 0.25) is 15.9 Å². The van der Waals surface area contributed by atoms with Crippen LogP contribution in [0, 0.1) is 17.2 Å². The van der Waals surface area contributed by atoms with Gasteiger partial charge in [0.05, 0.1) is 16.7 Å². The first-order valence-electron chi connectivity index (χ1n) is 13.9. The molecule has 0 bridgehead atoms. The first-order chi connectivity index (χ1) is 19.0. The Morgan fingerprint density at radius 2 is 1.95 bits per heavy atom. The molecule has 10 nitrogen and oxygen atoms in total. The van der Waals surface area contributed by atoms with E-state index in [9.17, 15) is 22.9 Å². The number of hydrazine groups is 1. The van der Waals surface area contributed by atoms with E-state index in [0.29, 0.717) is 30.6 Å². The van der Waals surface area contributed by atoms with Crippen LogP contribution in [0.15, 0.2) is 22.1 Å². The number of alkyl halides is 1. The molecule has 220 valence electrons. The van der Waals surface area contributed by atoms with Crippen molar-refractivity contribution in [2.75, 3.05) is 30.9 Å². The van der Waals surface area contributed by atoms with Crippen molar-refractivity contribution in [3.05, 3.63) is 23.3 Å². The molecule has 1 heterocycles. The highest BCUT2D eigenvalue weighted by Gasteiger charge is 2.47. The third-order valence-electron chi connectivity index (χ3n) is 8.17. The number of carbonyl (C=O) groups excluding carboxylic acids is 1. The number of hydrogen-bond donors (Lipinski definition) is 3. The zero-order chi connectivity index (χ0) is 29.1. The molecule has 2 saturated carbocycles. The normalized spacial score (nSPS) is 23.5. The van der Waals surface area contributed by atoms with Gasteiger partial charge in [0.25, 0.3) is 0 Å². The Kier molecular flexibility index (Phi) is 9.65. The molecule has 13 heteroatoms. The molecule has 2 aliphatic carbocycles. The van der Waals surface area contributed by atoms with E-state index >= 15 is 0 Å². The fourth-order valence-corrected chi connectivity index (χ4v) is 8.12. The molecule has 0 aromatic heterocycles. The number of thioether (sulfide) groups is 1. The number of nitrogens with two attached hydrogens (primary N) is 2. The lowest BCUT2D eigenvalue weighted by Gasteiger charge is -2.33. The molecule has 1 saturated heterocycles. The monoisotopic (exact) mass is 593 g/mol. The van der Waals surface area contributed by atoms with Crippen molar-refractivity contribution in [1.82, 2.24) is 9.62 Å². The van der Waals surface area contributed by atoms with Crippen LogP contribution in [0.3, 0.4) is 0 Å². The molecule has 3 fully saturated rings. The average Bonchev–Trinajstić information content (AvgIpc) is 3.47. The van der Waals surface area contributed by atoms with Crippen molar-refractivity contribution in [2.45, 2.75) is 87.2 Å². The van der Waals surface area contributed by atoms with Gasteiger partial charge in [-0.25, -0.2) is 18.7 Å². The molecule has 4 rings (SSSR count). The van der Waals surface area contributed by atoms with E-state index in [2.05, 4.69) is 15.9 Å². The van der Waals surface area contributed by atoms with Gasteiger partial charge in [0.15, 0.2) is 0 Å². The van der Waals surface area contributed by atoms with E-state index in [1.165, 1.54) is 23.7 Å². The van der Waals surface area contributed by atoms with Gasteiger partial charge in [-0.2, -0.15) is 15.1 Å². The van der Waals surface area contributed by atoms with Crippen LogP contribution in [-0.4, -0.2) is 61.9 Å². The molecular weight excluding hydrogens is 553 g/mol. The first-order valence-corrected chi connectivity index (χ1v) is 16.4. The second-order valence-electron chi connectivity index (χ2n) is 11.2. The maximum Gasteiger partial charge on any atom is 0.241 e. The van der Waals surface area contributed by atoms with Crippen molar-refractivity contribution in [1.29, 1.82) is 5.26 Å². The number of carbonyl (C=O) groups is 1. The molecule has 1 aromatic rings. The summed E-state index contributed by atoms with van der Waals surface area (Å²) in [6.45, 7) is 3.02. The number of anilines is 1. The number of amides is 1. The number of rotatable bonds is 10. The van der Waals surface area contributed by atoms with Crippen LogP contribution in [0.25, 0.3) is 0 Å². The summed E-state index contributed by atoms with van der Waals surface area (Å²) < 4.78 is 43.4. The summed E-state index contributed by atoms with van der Waals surface area (Å²) in [7, 11) is -2.27. The van der Waals surface area contributed by atoms with Crippen molar-refractivity contribution in [3.8, 4) is 6.07 Å². The molecule has 1 atom stereocenters. The van der Waals surface area contributed by atoms with Crippen LogP contribution in [0.2, 0.25) is 0 Å². The third kappa shape index (κ3) is 6.90. The lowest BCUT2D eigenvalue weighted by molar-refractivity contribution is -0.135. The van der Waals surface area contributed by atoms with Gasteiger partial charge in [-0.3, -0.25) is 4.79 Å². The van der Waals surface area contributed by atoms with Crippen LogP contribution in [0.4, 0.5) is 10.1 Å². The van der Waals surface area contributed by atoms with E-state index < -0.39 is 21.7 Å². The van der Waals surface area contributed by atoms with Crippen LogP contribution in [-0.2, 0) is 21.2 Å². The fourth-order valence-electron chi connectivity index (χ4n) is 5.82. The zero-order valence-corrected chi connectivity index (χ0v) is 24.9. The number of benzene rings is 1. The van der Waals surface area contributed by atoms with E-state index in [1.54, 1.807) is 19.2 Å². The van der Waals surface area contributed by atoms with Crippen LogP contribution in [0.5, 0.6) is 0 Å². The number of hydrogen-bond acceptors (Lipinski definition) is 9. The van der Waals surface area contributed by atoms with Crippen molar-refractivity contribution in [3.63, 3.8) is 0 Å². The van der Waals surface area contributed by atoms with Gasteiger partial charge in [-0.15, -0.1) is 11.8 Å². The Morgan fingerprint density at radius 1 is 1.30 bits per heavy atom.